The van der Waals surface area contributed by atoms with Crippen molar-refractivity contribution in [2.45, 2.75) is 6.92 Å². The van der Waals surface area contributed by atoms with Crippen LogP contribution in [0, 0.1) is 0 Å². The number of fused-ring (bicyclic) bond motifs is 1. The number of rotatable bonds is 2. The average Bonchev–Trinajstić information content (AvgIpc) is 2.62. The topological polar surface area (TPSA) is 43.6 Å². The Morgan fingerprint density at radius 2 is 2.38 bits per heavy atom. The summed E-state index contributed by atoms with van der Waals surface area (Å²) >= 11 is 9.21. The van der Waals surface area contributed by atoms with E-state index in [-0.39, 0.29) is 5.69 Å². The maximum absolute atomic E-state index is 11.5. The lowest BCUT2D eigenvalue weighted by atomic mass is 10.5. The van der Waals surface area contributed by atoms with Gasteiger partial charge in [-0.05, 0) is 28.9 Å². The quantitative estimate of drug-likeness (QED) is 0.801. The van der Waals surface area contributed by atoms with Crippen LogP contribution >= 0.6 is 27.5 Å². The maximum Gasteiger partial charge on any atom is 0.358 e. The molecule has 0 unspecified atom stereocenters. The molecule has 0 bridgehead atoms. The molecule has 0 N–H and O–H groups in total. The number of aromatic nitrogens is 2. The highest BCUT2D eigenvalue weighted by atomic mass is 79.9. The minimum Gasteiger partial charge on any atom is -0.461 e. The number of halogens is 2. The van der Waals surface area contributed by atoms with Crippen molar-refractivity contribution in [1.29, 1.82) is 0 Å². The molecule has 2 aromatic heterocycles. The first-order valence-electron chi connectivity index (χ1n) is 4.62. The normalized spacial score (nSPS) is 10.7. The summed E-state index contributed by atoms with van der Waals surface area (Å²) in [5.74, 6) is -0.436. The number of nitrogens with zero attached hydrogens (tertiary/aromatic N) is 2. The van der Waals surface area contributed by atoms with Gasteiger partial charge in [0, 0.05) is 12.4 Å². The highest BCUT2D eigenvalue weighted by Crippen LogP contribution is 2.22. The Kier molecular flexibility index (Phi) is 3.16. The number of hydrogen-bond donors (Lipinski definition) is 0. The van der Waals surface area contributed by atoms with E-state index < -0.39 is 5.97 Å². The molecule has 0 aromatic carbocycles. The largest absolute Gasteiger partial charge is 0.461 e. The molecule has 0 spiro atoms. The summed E-state index contributed by atoms with van der Waals surface area (Å²) in [6.45, 7) is 2.08. The first kappa shape index (κ1) is 11.4. The fourth-order valence-corrected chi connectivity index (χ4v) is 2.21. The van der Waals surface area contributed by atoms with Crippen LogP contribution in [0.25, 0.3) is 5.65 Å². The van der Waals surface area contributed by atoms with Crippen LogP contribution in [0.1, 0.15) is 17.4 Å². The molecule has 6 heteroatoms. The third-order valence-corrected chi connectivity index (χ3v) is 2.75. The first-order valence-corrected chi connectivity index (χ1v) is 5.79. The van der Waals surface area contributed by atoms with Crippen molar-refractivity contribution in [1.82, 2.24) is 9.38 Å². The van der Waals surface area contributed by atoms with E-state index in [9.17, 15) is 4.79 Å². The van der Waals surface area contributed by atoms with E-state index in [4.69, 9.17) is 16.3 Å². The van der Waals surface area contributed by atoms with Gasteiger partial charge in [0.05, 0.1) is 16.1 Å². The average molecular weight is 304 g/mol. The van der Waals surface area contributed by atoms with Crippen molar-refractivity contribution in [3.8, 4) is 0 Å². The van der Waals surface area contributed by atoms with Gasteiger partial charge in [0.1, 0.15) is 0 Å². The van der Waals surface area contributed by atoms with Crippen molar-refractivity contribution in [3.63, 3.8) is 0 Å². The van der Waals surface area contributed by atoms with Gasteiger partial charge in [0.25, 0.3) is 0 Å². The van der Waals surface area contributed by atoms with Crippen molar-refractivity contribution in [2.24, 2.45) is 0 Å². The van der Waals surface area contributed by atoms with Gasteiger partial charge in [-0.2, -0.15) is 0 Å². The van der Waals surface area contributed by atoms with Crippen LogP contribution in [0.3, 0.4) is 0 Å². The van der Waals surface area contributed by atoms with Gasteiger partial charge >= 0.3 is 5.97 Å². The van der Waals surface area contributed by atoms with E-state index in [1.807, 2.05) is 0 Å². The van der Waals surface area contributed by atoms with Crippen LogP contribution in [0.15, 0.2) is 22.9 Å². The summed E-state index contributed by atoms with van der Waals surface area (Å²) in [6, 6.07) is 1.72. The number of ether oxygens (including phenoxy) is 1. The Labute approximate surface area is 105 Å². The number of esters is 1. The van der Waals surface area contributed by atoms with E-state index in [1.54, 1.807) is 29.8 Å². The van der Waals surface area contributed by atoms with Crippen LogP contribution in [0.2, 0.25) is 5.02 Å². The number of imidazole rings is 1. The van der Waals surface area contributed by atoms with Gasteiger partial charge in [-0.1, -0.05) is 11.6 Å². The fraction of sp³-hybridized carbons (Fsp3) is 0.200. The van der Waals surface area contributed by atoms with Crippen molar-refractivity contribution in [2.75, 3.05) is 6.61 Å². The lowest BCUT2D eigenvalue weighted by molar-refractivity contribution is 0.0520. The second-order valence-electron chi connectivity index (χ2n) is 3.08. The molecule has 0 saturated carbocycles. The highest BCUT2D eigenvalue weighted by molar-refractivity contribution is 9.10. The third kappa shape index (κ3) is 2.05. The van der Waals surface area contributed by atoms with E-state index in [1.165, 1.54) is 0 Å². The molecule has 0 radical (unpaired) electrons. The molecule has 0 saturated heterocycles. The molecule has 0 aliphatic carbocycles. The van der Waals surface area contributed by atoms with Crippen LogP contribution in [-0.2, 0) is 4.74 Å². The van der Waals surface area contributed by atoms with Gasteiger partial charge in [0.15, 0.2) is 11.3 Å². The van der Waals surface area contributed by atoms with Gasteiger partial charge in [-0.3, -0.25) is 0 Å². The van der Waals surface area contributed by atoms with Crippen molar-refractivity contribution >= 4 is 39.1 Å². The maximum atomic E-state index is 11.5. The van der Waals surface area contributed by atoms with Crippen molar-refractivity contribution < 1.29 is 9.53 Å². The predicted molar refractivity (Wildman–Crippen MR) is 63.9 cm³/mol. The Hall–Kier alpha value is -1.07. The minimum atomic E-state index is -0.436. The Morgan fingerprint density at radius 3 is 3.06 bits per heavy atom. The summed E-state index contributed by atoms with van der Waals surface area (Å²) in [4.78, 5) is 15.6. The summed E-state index contributed by atoms with van der Waals surface area (Å²) < 4.78 is 7.28. The Balaban J connectivity index is 2.51. The second kappa shape index (κ2) is 4.43. The summed E-state index contributed by atoms with van der Waals surface area (Å²) in [6.07, 6.45) is 3.27. The van der Waals surface area contributed by atoms with Crippen LogP contribution in [0.5, 0.6) is 0 Å². The number of pyridine rings is 1. The molecule has 0 fully saturated rings. The third-order valence-electron chi connectivity index (χ3n) is 1.96. The van der Waals surface area contributed by atoms with E-state index in [2.05, 4.69) is 20.9 Å². The van der Waals surface area contributed by atoms with E-state index in [0.717, 1.165) is 4.47 Å². The molecule has 2 rings (SSSR count). The molecule has 4 nitrogen and oxygen atoms in total. The van der Waals surface area contributed by atoms with Crippen LogP contribution in [-0.4, -0.2) is 22.0 Å². The van der Waals surface area contributed by atoms with Crippen LogP contribution in [0.4, 0.5) is 0 Å². The number of carbonyl (C=O) groups is 1. The monoisotopic (exact) mass is 302 g/mol. The van der Waals surface area contributed by atoms with Crippen LogP contribution < -0.4 is 0 Å². The zero-order valence-corrected chi connectivity index (χ0v) is 10.7. The SMILES string of the molecule is CCOC(=O)c1cn2cc(Cl)cc(Br)c2n1. The molecule has 0 aliphatic rings. The number of hydrogen-bond acceptors (Lipinski definition) is 3. The zero-order valence-electron chi connectivity index (χ0n) is 8.41. The molecule has 0 atom stereocenters. The van der Waals surface area contributed by atoms with Gasteiger partial charge in [0.2, 0.25) is 0 Å². The Morgan fingerprint density at radius 1 is 1.62 bits per heavy atom. The van der Waals surface area contributed by atoms with E-state index >= 15 is 0 Å². The second-order valence-corrected chi connectivity index (χ2v) is 4.37. The first-order chi connectivity index (χ1) is 7.61. The predicted octanol–water partition coefficient (Wildman–Crippen LogP) is 2.93. The molecule has 84 valence electrons. The minimum absolute atomic E-state index is 0.268. The standard InChI is InChI=1S/C10H8BrClN2O2/c1-2-16-10(15)8-5-14-4-6(12)3-7(11)9(14)13-8/h3-5H,2H2,1H3. The smallest absolute Gasteiger partial charge is 0.358 e. The molecule has 2 heterocycles. The molecule has 2 aromatic rings. The van der Waals surface area contributed by atoms with E-state index in [0.29, 0.717) is 17.3 Å². The highest BCUT2D eigenvalue weighted by Gasteiger charge is 2.13. The number of carbonyl (C=O) groups excluding carboxylic acids is 1. The summed E-state index contributed by atoms with van der Waals surface area (Å²) in [5.41, 5.74) is 0.900. The zero-order chi connectivity index (χ0) is 11.7. The molecular weight excluding hydrogens is 295 g/mol. The summed E-state index contributed by atoms with van der Waals surface area (Å²) in [5, 5.41) is 0.562. The van der Waals surface area contributed by atoms with Gasteiger partial charge in [-0.25, -0.2) is 9.78 Å². The fourth-order valence-electron chi connectivity index (χ4n) is 1.33. The lowest BCUT2D eigenvalue weighted by Gasteiger charge is -1.96. The Bertz CT molecular complexity index is 553. The lowest BCUT2D eigenvalue weighted by Crippen LogP contribution is -2.04. The molecule has 0 aliphatic heterocycles. The van der Waals surface area contributed by atoms with Gasteiger partial charge in [-0.15, -0.1) is 0 Å². The van der Waals surface area contributed by atoms with Crippen molar-refractivity contribution in [3.05, 3.63) is 33.6 Å². The van der Waals surface area contributed by atoms with Gasteiger partial charge < -0.3 is 9.14 Å². The molecular formula is C10H8BrClN2O2. The summed E-state index contributed by atoms with van der Waals surface area (Å²) in [7, 11) is 0. The molecule has 16 heavy (non-hydrogen) atoms. The molecule has 0 amide bonds.